The molecule has 0 fully saturated rings. The van der Waals surface area contributed by atoms with Crippen LogP contribution < -0.4 is 4.74 Å². The third kappa shape index (κ3) is 2.68. The molecule has 0 amide bonds. The first-order valence-electron chi connectivity index (χ1n) is 7.07. The highest BCUT2D eigenvalue weighted by Crippen LogP contribution is 2.29. The number of hydrogen-bond donors (Lipinski definition) is 0. The first-order valence-corrected chi connectivity index (χ1v) is 7.07. The molecule has 3 rings (SSSR count). The monoisotopic (exact) mass is 278 g/mol. The lowest BCUT2D eigenvalue weighted by molar-refractivity contribution is 0.413. The van der Waals surface area contributed by atoms with Crippen LogP contribution in [0.15, 0.2) is 61.2 Å². The number of aryl methyl sites for hydroxylation is 1. The summed E-state index contributed by atoms with van der Waals surface area (Å²) in [6.45, 7) is 2.17. The molecule has 21 heavy (non-hydrogen) atoms. The zero-order valence-electron chi connectivity index (χ0n) is 12.3. The third-order valence-corrected chi connectivity index (χ3v) is 3.66. The van der Waals surface area contributed by atoms with Crippen LogP contribution in [0.1, 0.15) is 12.5 Å². The molecule has 0 N–H and O–H groups in total. The van der Waals surface area contributed by atoms with Crippen molar-refractivity contribution >= 4 is 0 Å². The Morgan fingerprint density at radius 1 is 1.05 bits per heavy atom. The Morgan fingerprint density at radius 2 is 1.81 bits per heavy atom. The van der Waals surface area contributed by atoms with Gasteiger partial charge in [0.2, 0.25) is 0 Å². The molecule has 0 aliphatic carbocycles. The SMILES string of the molecule is CCc1ccc(-c2ccc(OC)c(-n3ccnc3)c2)cc1. The average Bonchev–Trinajstić information content (AvgIpc) is 3.08. The van der Waals surface area contributed by atoms with Gasteiger partial charge in [-0.15, -0.1) is 0 Å². The van der Waals surface area contributed by atoms with Gasteiger partial charge < -0.3 is 9.30 Å². The molecule has 0 bridgehead atoms. The summed E-state index contributed by atoms with van der Waals surface area (Å²) >= 11 is 0. The zero-order valence-corrected chi connectivity index (χ0v) is 12.3. The first kappa shape index (κ1) is 13.4. The highest BCUT2D eigenvalue weighted by molar-refractivity contribution is 5.69. The molecule has 3 nitrogen and oxygen atoms in total. The molecular weight excluding hydrogens is 260 g/mol. The van der Waals surface area contributed by atoms with Crippen molar-refractivity contribution < 1.29 is 4.74 Å². The maximum absolute atomic E-state index is 5.45. The molecule has 0 radical (unpaired) electrons. The Kier molecular flexibility index (Phi) is 3.73. The number of nitrogens with zero attached hydrogens (tertiary/aromatic N) is 2. The summed E-state index contributed by atoms with van der Waals surface area (Å²) in [5, 5.41) is 0. The van der Waals surface area contributed by atoms with Crippen molar-refractivity contribution in [2.24, 2.45) is 0 Å². The number of methoxy groups -OCH3 is 1. The minimum Gasteiger partial charge on any atom is -0.495 e. The van der Waals surface area contributed by atoms with E-state index in [0.717, 1.165) is 17.9 Å². The maximum atomic E-state index is 5.45. The molecule has 0 atom stereocenters. The number of aromatic nitrogens is 2. The molecule has 106 valence electrons. The molecule has 0 aliphatic rings. The number of benzene rings is 2. The van der Waals surface area contributed by atoms with E-state index in [2.05, 4.69) is 48.3 Å². The van der Waals surface area contributed by atoms with Crippen LogP contribution in [-0.2, 0) is 6.42 Å². The van der Waals surface area contributed by atoms with Crippen molar-refractivity contribution in [1.82, 2.24) is 9.55 Å². The molecular formula is C18H18N2O. The Morgan fingerprint density at radius 3 is 2.43 bits per heavy atom. The van der Waals surface area contributed by atoms with Crippen LogP contribution in [0.25, 0.3) is 16.8 Å². The van der Waals surface area contributed by atoms with Crippen molar-refractivity contribution in [3.8, 4) is 22.6 Å². The van der Waals surface area contributed by atoms with Crippen molar-refractivity contribution in [2.75, 3.05) is 7.11 Å². The topological polar surface area (TPSA) is 27.1 Å². The van der Waals surface area contributed by atoms with E-state index < -0.39 is 0 Å². The molecule has 3 aromatic rings. The van der Waals surface area contributed by atoms with Gasteiger partial charge in [-0.3, -0.25) is 0 Å². The molecule has 0 spiro atoms. The highest BCUT2D eigenvalue weighted by Gasteiger charge is 2.07. The normalized spacial score (nSPS) is 10.6. The van der Waals surface area contributed by atoms with Crippen LogP contribution in [0.5, 0.6) is 5.75 Å². The van der Waals surface area contributed by atoms with Crippen molar-refractivity contribution in [2.45, 2.75) is 13.3 Å². The van der Waals surface area contributed by atoms with Crippen LogP contribution in [0, 0.1) is 0 Å². The van der Waals surface area contributed by atoms with Gasteiger partial charge in [0.25, 0.3) is 0 Å². The van der Waals surface area contributed by atoms with Crippen LogP contribution in [0.3, 0.4) is 0 Å². The van der Waals surface area contributed by atoms with E-state index in [1.165, 1.54) is 16.7 Å². The van der Waals surface area contributed by atoms with E-state index in [1.54, 1.807) is 19.6 Å². The third-order valence-electron chi connectivity index (χ3n) is 3.66. The number of hydrogen-bond acceptors (Lipinski definition) is 2. The fourth-order valence-corrected chi connectivity index (χ4v) is 2.41. The number of ether oxygens (including phenoxy) is 1. The Labute approximate surface area is 124 Å². The standard InChI is InChI=1S/C18H18N2O/c1-3-14-4-6-15(7-5-14)16-8-9-18(21-2)17(12-16)20-11-10-19-13-20/h4-13H,3H2,1-2H3. The van der Waals surface area contributed by atoms with E-state index in [4.69, 9.17) is 4.74 Å². The summed E-state index contributed by atoms with van der Waals surface area (Å²) in [6.07, 6.45) is 6.52. The molecule has 0 saturated carbocycles. The van der Waals surface area contributed by atoms with E-state index >= 15 is 0 Å². The number of imidazole rings is 1. The second-order valence-electron chi connectivity index (χ2n) is 4.91. The maximum Gasteiger partial charge on any atom is 0.142 e. The summed E-state index contributed by atoms with van der Waals surface area (Å²) in [4.78, 5) is 4.11. The van der Waals surface area contributed by atoms with Gasteiger partial charge in [0.05, 0.1) is 19.1 Å². The quantitative estimate of drug-likeness (QED) is 0.718. The van der Waals surface area contributed by atoms with Crippen molar-refractivity contribution in [3.05, 3.63) is 66.7 Å². The van der Waals surface area contributed by atoms with Crippen molar-refractivity contribution in [3.63, 3.8) is 0 Å². The molecule has 1 heterocycles. The molecule has 3 heteroatoms. The lowest BCUT2D eigenvalue weighted by Crippen LogP contribution is -1.96. The van der Waals surface area contributed by atoms with Gasteiger partial charge >= 0.3 is 0 Å². The van der Waals surface area contributed by atoms with E-state index in [-0.39, 0.29) is 0 Å². The summed E-state index contributed by atoms with van der Waals surface area (Å²) in [5.74, 6) is 0.835. The largest absolute Gasteiger partial charge is 0.495 e. The molecule has 0 aliphatic heterocycles. The average molecular weight is 278 g/mol. The van der Waals surface area contributed by atoms with Gasteiger partial charge in [0.1, 0.15) is 5.75 Å². The second kappa shape index (κ2) is 5.83. The Bertz CT molecular complexity index is 715. The minimum absolute atomic E-state index is 0.835. The van der Waals surface area contributed by atoms with E-state index in [1.807, 2.05) is 16.8 Å². The predicted octanol–water partition coefficient (Wildman–Crippen LogP) is 4.11. The van der Waals surface area contributed by atoms with Gasteiger partial charge in [-0.2, -0.15) is 0 Å². The van der Waals surface area contributed by atoms with Gasteiger partial charge in [-0.05, 0) is 35.2 Å². The fraction of sp³-hybridized carbons (Fsp3) is 0.167. The number of rotatable bonds is 4. The Balaban J connectivity index is 2.05. The lowest BCUT2D eigenvalue weighted by atomic mass is 10.0. The second-order valence-corrected chi connectivity index (χ2v) is 4.91. The smallest absolute Gasteiger partial charge is 0.142 e. The minimum atomic E-state index is 0.835. The summed E-state index contributed by atoms with van der Waals surface area (Å²) in [7, 11) is 1.69. The van der Waals surface area contributed by atoms with Gasteiger partial charge in [0.15, 0.2) is 0 Å². The molecule has 1 aromatic heterocycles. The van der Waals surface area contributed by atoms with E-state index in [0.29, 0.717) is 0 Å². The summed E-state index contributed by atoms with van der Waals surface area (Å²) < 4.78 is 7.41. The van der Waals surface area contributed by atoms with Crippen LogP contribution in [0.4, 0.5) is 0 Å². The molecule has 0 saturated heterocycles. The van der Waals surface area contributed by atoms with Gasteiger partial charge in [0, 0.05) is 12.4 Å². The van der Waals surface area contributed by atoms with Gasteiger partial charge in [-0.25, -0.2) is 4.98 Å². The first-order chi connectivity index (χ1) is 10.3. The fourth-order valence-electron chi connectivity index (χ4n) is 2.41. The van der Waals surface area contributed by atoms with E-state index in [9.17, 15) is 0 Å². The van der Waals surface area contributed by atoms with Crippen molar-refractivity contribution in [1.29, 1.82) is 0 Å². The van der Waals surface area contributed by atoms with Crippen LogP contribution in [-0.4, -0.2) is 16.7 Å². The summed E-state index contributed by atoms with van der Waals surface area (Å²) in [5.41, 5.74) is 4.72. The lowest BCUT2D eigenvalue weighted by Gasteiger charge is -2.12. The zero-order chi connectivity index (χ0) is 14.7. The Hall–Kier alpha value is -2.55. The predicted molar refractivity (Wildman–Crippen MR) is 84.9 cm³/mol. The van der Waals surface area contributed by atoms with Crippen LogP contribution >= 0.6 is 0 Å². The van der Waals surface area contributed by atoms with Crippen LogP contribution in [0.2, 0.25) is 0 Å². The highest BCUT2D eigenvalue weighted by atomic mass is 16.5. The molecule has 0 unspecified atom stereocenters. The summed E-state index contributed by atoms with van der Waals surface area (Å²) in [6, 6.07) is 14.9. The van der Waals surface area contributed by atoms with Gasteiger partial charge in [-0.1, -0.05) is 37.3 Å². The molecule has 2 aromatic carbocycles.